The summed E-state index contributed by atoms with van der Waals surface area (Å²) in [5.41, 5.74) is 1.53. The summed E-state index contributed by atoms with van der Waals surface area (Å²) in [4.78, 5) is 26.9. The minimum absolute atomic E-state index is 0.163. The Labute approximate surface area is 193 Å². The number of hydrogen-bond acceptors (Lipinski definition) is 5. The molecule has 2 amide bonds. The minimum Gasteiger partial charge on any atom is -0.483 e. The number of nitriles is 1. The van der Waals surface area contributed by atoms with Gasteiger partial charge in [0.05, 0.1) is 11.6 Å². The zero-order valence-electron chi connectivity index (χ0n) is 17.9. The van der Waals surface area contributed by atoms with Crippen LogP contribution in [0.5, 0.6) is 5.75 Å². The SMILES string of the molecule is N#Cc1ccc(CNC(=O)c2cccc(Cl)c2)c(OCC(=O)NCCN2CCCCC2)c1. The second-order valence-electron chi connectivity index (χ2n) is 7.67. The van der Waals surface area contributed by atoms with Gasteiger partial charge in [-0.3, -0.25) is 9.59 Å². The second-order valence-corrected chi connectivity index (χ2v) is 8.10. The molecule has 8 heteroatoms. The average molecular weight is 455 g/mol. The number of hydrogen-bond donors (Lipinski definition) is 2. The topological polar surface area (TPSA) is 94.5 Å². The number of nitrogens with zero attached hydrogens (tertiary/aromatic N) is 2. The lowest BCUT2D eigenvalue weighted by molar-refractivity contribution is -0.123. The molecule has 0 aromatic heterocycles. The van der Waals surface area contributed by atoms with Gasteiger partial charge < -0.3 is 20.3 Å². The molecule has 1 saturated heterocycles. The van der Waals surface area contributed by atoms with Crippen LogP contribution in [-0.2, 0) is 11.3 Å². The highest BCUT2D eigenvalue weighted by molar-refractivity contribution is 6.30. The highest BCUT2D eigenvalue weighted by Gasteiger charge is 2.13. The number of rotatable bonds is 9. The third-order valence-corrected chi connectivity index (χ3v) is 5.52. The summed E-state index contributed by atoms with van der Waals surface area (Å²) in [7, 11) is 0. The van der Waals surface area contributed by atoms with E-state index in [4.69, 9.17) is 16.3 Å². The fourth-order valence-electron chi connectivity index (χ4n) is 3.54. The van der Waals surface area contributed by atoms with Crippen molar-refractivity contribution in [3.8, 4) is 11.8 Å². The van der Waals surface area contributed by atoms with Gasteiger partial charge in [-0.25, -0.2) is 0 Å². The molecule has 2 aromatic carbocycles. The van der Waals surface area contributed by atoms with E-state index in [-0.39, 0.29) is 25.0 Å². The van der Waals surface area contributed by atoms with Gasteiger partial charge in [0.15, 0.2) is 6.61 Å². The number of piperidine rings is 1. The summed E-state index contributed by atoms with van der Waals surface area (Å²) in [6.07, 6.45) is 3.70. The first-order valence-electron chi connectivity index (χ1n) is 10.7. The minimum atomic E-state index is -0.279. The summed E-state index contributed by atoms with van der Waals surface area (Å²) in [5, 5.41) is 15.4. The Kier molecular flexibility index (Phi) is 8.90. The molecule has 0 bridgehead atoms. The van der Waals surface area contributed by atoms with Crippen LogP contribution in [0.2, 0.25) is 5.02 Å². The standard InChI is InChI=1S/C24H27ClN4O3/c25-21-6-4-5-19(14-21)24(31)28-16-20-8-7-18(15-26)13-22(20)32-17-23(30)27-9-12-29-10-2-1-3-11-29/h4-8,13-14H,1-3,9-12,16-17H2,(H,27,30)(H,28,31). The van der Waals surface area contributed by atoms with Gasteiger partial charge in [0.1, 0.15) is 5.75 Å². The van der Waals surface area contributed by atoms with E-state index >= 15 is 0 Å². The van der Waals surface area contributed by atoms with Gasteiger partial charge >= 0.3 is 0 Å². The molecule has 2 N–H and O–H groups in total. The summed E-state index contributed by atoms with van der Waals surface area (Å²) < 4.78 is 5.69. The first-order chi connectivity index (χ1) is 15.5. The summed E-state index contributed by atoms with van der Waals surface area (Å²) in [6.45, 7) is 3.59. The summed E-state index contributed by atoms with van der Waals surface area (Å²) >= 11 is 5.94. The normalized spacial score (nSPS) is 13.8. The quantitative estimate of drug-likeness (QED) is 0.607. The van der Waals surface area contributed by atoms with E-state index in [2.05, 4.69) is 21.6 Å². The highest BCUT2D eigenvalue weighted by atomic mass is 35.5. The van der Waals surface area contributed by atoms with Gasteiger partial charge in [-0.05, 0) is 56.3 Å². The molecular weight excluding hydrogens is 428 g/mol. The van der Waals surface area contributed by atoms with Crippen LogP contribution in [0.1, 0.15) is 40.7 Å². The molecule has 168 valence electrons. The molecule has 3 rings (SSSR count). The fourth-order valence-corrected chi connectivity index (χ4v) is 3.73. The van der Waals surface area contributed by atoms with Crippen molar-refractivity contribution in [1.29, 1.82) is 5.26 Å². The zero-order valence-corrected chi connectivity index (χ0v) is 18.7. The van der Waals surface area contributed by atoms with E-state index in [0.717, 1.165) is 19.6 Å². The Morgan fingerprint density at radius 2 is 1.91 bits per heavy atom. The number of nitrogens with one attached hydrogen (secondary N) is 2. The van der Waals surface area contributed by atoms with Crippen molar-refractivity contribution >= 4 is 23.4 Å². The fraction of sp³-hybridized carbons (Fsp3) is 0.375. The molecule has 7 nitrogen and oxygen atoms in total. The van der Waals surface area contributed by atoms with Gasteiger partial charge in [0.2, 0.25) is 0 Å². The van der Waals surface area contributed by atoms with E-state index in [1.165, 1.54) is 19.3 Å². The maximum atomic E-state index is 12.4. The maximum absolute atomic E-state index is 12.4. The number of benzene rings is 2. The molecule has 0 unspecified atom stereocenters. The van der Waals surface area contributed by atoms with Crippen LogP contribution in [0, 0.1) is 11.3 Å². The number of amides is 2. The van der Waals surface area contributed by atoms with Crippen molar-refractivity contribution in [3.63, 3.8) is 0 Å². The molecule has 0 atom stereocenters. The van der Waals surface area contributed by atoms with Crippen molar-refractivity contribution in [3.05, 3.63) is 64.2 Å². The summed E-state index contributed by atoms with van der Waals surface area (Å²) in [6, 6.07) is 13.6. The van der Waals surface area contributed by atoms with Gasteiger partial charge in [-0.15, -0.1) is 0 Å². The predicted octanol–water partition coefficient (Wildman–Crippen LogP) is 3.12. The van der Waals surface area contributed by atoms with Crippen molar-refractivity contribution < 1.29 is 14.3 Å². The Morgan fingerprint density at radius 1 is 1.09 bits per heavy atom. The van der Waals surface area contributed by atoms with Gasteiger partial charge in [-0.1, -0.05) is 30.2 Å². The first-order valence-corrected chi connectivity index (χ1v) is 11.1. The Morgan fingerprint density at radius 3 is 2.66 bits per heavy atom. The summed E-state index contributed by atoms with van der Waals surface area (Å²) in [5.74, 6) is -0.113. The number of likely N-dealkylation sites (tertiary alicyclic amines) is 1. The Balaban J connectivity index is 1.52. The maximum Gasteiger partial charge on any atom is 0.257 e. The van der Waals surface area contributed by atoms with Crippen LogP contribution in [0.4, 0.5) is 0 Å². The number of carbonyl (C=O) groups excluding carboxylic acids is 2. The number of ether oxygens (including phenoxy) is 1. The van der Waals surface area contributed by atoms with Crippen LogP contribution in [0.25, 0.3) is 0 Å². The molecule has 0 radical (unpaired) electrons. The van der Waals surface area contributed by atoms with Crippen LogP contribution >= 0.6 is 11.6 Å². The van der Waals surface area contributed by atoms with E-state index in [1.807, 2.05) is 0 Å². The third kappa shape index (κ3) is 7.26. The lowest BCUT2D eigenvalue weighted by Crippen LogP contribution is -2.39. The van der Waals surface area contributed by atoms with Gasteiger partial charge in [0, 0.05) is 35.8 Å². The van der Waals surface area contributed by atoms with Crippen molar-refractivity contribution in [2.45, 2.75) is 25.8 Å². The monoisotopic (exact) mass is 454 g/mol. The van der Waals surface area contributed by atoms with Gasteiger partial charge in [-0.2, -0.15) is 5.26 Å². The molecule has 1 aliphatic heterocycles. The van der Waals surface area contributed by atoms with Crippen molar-refractivity contribution in [1.82, 2.24) is 15.5 Å². The second kappa shape index (κ2) is 12.1. The number of carbonyl (C=O) groups is 2. The van der Waals surface area contributed by atoms with Crippen LogP contribution < -0.4 is 15.4 Å². The number of halogens is 1. The predicted molar refractivity (Wildman–Crippen MR) is 123 cm³/mol. The molecule has 2 aromatic rings. The lowest BCUT2D eigenvalue weighted by Gasteiger charge is -2.26. The highest BCUT2D eigenvalue weighted by Crippen LogP contribution is 2.21. The third-order valence-electron chi connectivity index (χ3n) is 5.28. The average Bonchev–Trinajstić information content (AvgIpc) is 2.82. The molecule has 1 aliphatic rings. The molecule has 32 heavy (non-hydrogen) atoms. The lowest BCUT2D eigenvalue weighted by atomic mass is 10.1. The zero-order chi connectivity index (χ0) is 22.8. The molecular formula is C24H27ClN4O3. The van der Waals surface area contributed by atoms with E-state index in [9.17, 15) is 14.9 Å². The molecule has 0 saturated carbocycles. The molecule has 0 spiro atoms. The Bertz CT molecular complexity index is 983. The van der Waals surface area contributed by atoms with Crippen molar-refractivity contribution in [2.75, 3.05) is 32.8 Å². The van der Waals surface area contributed by atoms with E-state index in [1.54, 1.807) is 42.5 Å². The molecule has 0 aliphatic carbocycles. The van der Waals surface area contributed by atoms with E-state index in [0.29, 0.717) is 34.0 Å². The Hall–Kier alpha value is -3.08. The largest absolute Gasteiger partial charge is 0.483 e. The van der Waals surface area contributed by atoms with Crippen LogP contribution in [-0.4, -0.2) is 49.5 Å². The van der Waals surface area contributed by atoms with Crippen LogP contribution in [0.3, 0.4) is 0 Å². The van der Waals surface area contributed by atoms with E-state index < -0.39 is 0 Å². The molecule has 1 fully saturated rings. The first kappa shape index (κ1) is 23.6. The smallest absolute Gasteiger partial charge is 0.257 e. The van der Waals surface area contributed by atoms with Gasteiger partial charge in [0.25, 0.3) is 11.8 Å². The van der Waals surface area contributed by atoms with Crippen molar-refractivity contribution in [2.24, 2.45) is 0 Å². The molecule has 1 heterocycles. The van der Waals surface area contributed by atoms with Crippen LogP contribution in [0.15, 0.2) is 42.5 Å².